The minimum absolute atomic E-state index is 0.292. The molecule has 0 aromatic heterocycles. The normalized spacial score (nSPS) is 31.3. The van der Waals surface area contributed by atoms with Crippen molar-refractivity contribution in [3.8, 4) is 0 Å². The highest BCUT2D eigenvalue weighted by atomic mass is 16.1. The second-order valence-electron chi connectivity index (χ2n) is 5.10. The molecular formula is C12H22N2O. The lowest BCUT2D eigenvalue weighted by Crippen LogP contribution is -2.35. The van der Waals surface area contributed by atoms with Crippen LogP contribution in [0.1, 0.15) is 32.6 Å². The first-order chi connectivity index (χ1) is 7.27. The van der Waals surface area contributed by atoms with E-state index in [0.29, 0.717) is 11.8 Å². The standard InChI is InChI=1S/C12H22N2O/c1-9-7-13-8-11(9)5-6-14-12(15)10-3-2-4-10/h9-11,13H,2-8H2,1H3,(H,14,15)/t9-,11-/m1/s1. The highest BCUT2D eigenvalue weighted by Crippen LogP contribution is 2.26. The maximum absolute atomic E-state index is 11.6. The van der Waals surface area contributed by atoms with Gasteiger partial charge in [0.2, 0.25) is 5.91 Å². The van der Waals surface area contributed by atoms with Crippen molar-refractivity contribution < 1.29 is 4.79 Å². The van der Waals surface area contributed by atoms with E-state index in [1.165, 1.54) is 6.42 Å². The molecule has 2 N–H and O–H groups in total. The molecule has 86 valence electrons. The first-order valence-corrected chi connectivity index (χ1v) is 6.26. The first-order valence-electron chi connectivity index (χ1n) is 6.26. The predicted molar refractivity (Wildman–Crippen MR) is 60.5 cm³/mol. The Morgan fingerprint density at radius 3 is 2.73 bits per heavy atom. The van der Waals surface area contributed by atoms with Crippen LogP contribution in [0.15, 0.2) is 0 Å². The third kappa shape index (κ3) is 2.71. The number of nitrogens with one attached hydrogen (secondary N) is 2. The lowest BCUT2D eigenvalue weighted by molar-refractivity contribution is -0.127. The van der Waals surface area contributed by atoms with E-state index in [-0.39, 0.29) is 0 Å². The second kappa shape index (κ2) is 4.97. The van der Waals surface area contributed by atoms with E-state index in [4.69, 9.17) is 0 Å². The van der Waals surface area contributed by atoms with Crippen LogP contribution in [-0.4, -0.2) is 25.5 Å². The van der Waals surface area contributed by atoms with E-state index < -0.39 is 0 Å². The van der Waals surface area contributed by atoms with Crippen molar-refractivity contribution in [3.05, 3.63) is 0 Å². The van der Waals surface area contributed by atoms with Crippen molar-refractivity contribution in [3.63, 3.8) is 0 Å². The van der Waals surface area contributed by atoms with Crippen molar-refractivity contribution in [1.29, 1.82) is 0 Å². The minimum atomic E-state index is 0.292. The Morgan fingerprint density at radius 2 is 2.20 bits per heavy atom. The number of carbonyl (C=O) groups is 1. The van der Waals surface area contributed by atoms with Crippen molar-refractivity contribution in [2.75, 3.05) is 19.6 Å². The number of hydrogen-bond donors (Lipinski definition) is 2. The van der Waals surface area contributed by atoms with Gasteiger partial charge < -0.3 is 10.6 Å². The van der Waals surface area contributed by atoms with Gasteiger partial charge >= 0.3 is 0 Å². The van der Waals surface area contributed by atoms with Crippen LogP contribution in [-0.2, 0) is 4.79 Å². The lowest BCUT2D eigenvalue weighted by Gasteiger charge is -2.24. The van der Waals surface area contributed by atoms with Gasteiger partial charge in [-0.2, -0.15) is 0 Å². The zero-order chi connectivity index (χ0) is 10.7. The van der Waals surface area contributed by atoms with Crippen LogP contribution in [0.3, 0.4) is 0 Å². The summed E-state index contributed by atoms with van der Waals surface area (Å²) in [6, 6.07) is 0. The summed E-state index contributed by atoms with van der Waals surface area (Å²) in [6.45, 7) is 5.42. The Hall–Kier alpha value is -0.570. The Kier molecular flexibility index (Phi) is 3.62. The monoisotopic (exact) mass is 210 g/mol. The topological polar surface area (TPSA) is 41.1 Å². The molecule has 3 nitrogen and oxygen atoms in total. The molecule has 0 spiro atoms. The molecular weight excluding hydrogens is 188 g/mol. The fourth-order valence-electron chi connectivity index (χ4n) is 2.45. The number of carbonyl (C=O) groups excluding carboxylic acids is 1. The molecule has 1 saturated heterocycles. The second-order valence-corrected chi connectivity index (χ2v) is 5.10. The summed E-state index contributed by atoms with van der Waals surface area (Å²) < 4.78 is 0. The van der Waals surface area contributed by atoms with Crippen LogP contribution in [0, 0.1) is 17.8 Å². The fraction of sp³-hybridized carbons (Fsp3) is 0.917. The van der Waals surface area contributed by atoms with Gasteiger partial charge in [-0.05, 0) is 44.2 Å². The van der Waals surface area contributed by atoms with Crippen molar-refractivity contribution >= 4 is 5.91 Å². The third-order valence-electron chi connectivity index (χ3n) is 3.97. The van der Waals surface area contributed by atoms with Gasteiger partial charge in [0.15, 0.2) is 0 Å². The zero-order valence-corrected chi connectivity index (χ0v) is 9.59. The Morgan fingerprint density at radius 1 is 1.40 bits per heavy atom. The number of amides is 1. The molecule has 0 unspecified atom stereocenters. The van der Waals surface area contributed by atoms with E-state index in [0.717, 1.165) is 50.7 Å². The van der Waals surface area contributed by atoms with Gasteiger partial charge in [-0.3, -0.25) is 4.79 Å². The van der Waals surface area contributed by atoms with Crippen molar-refractivity contribution in [2.24, 2.45) is 17.8 Å². The van der Waals surface area contributed by atoms with E-state index in [2.05, 4.69) is 17.6 Å². The van der Waals surface area contributed by atoms with Crippen LogP contribution in [0.25, 0.3) is 0 Å². The number of hydrogen-bond acceptors (Lipinski definition) is 2. The summed E-state index contributed by atoms with van der Waals surface area (Å²) in [5.74, 6) is 2.15. The van der Waals surface area contributed by atoms with Crippen molar-refractivity contribution in [2.45, 2.75) is 32.6 Å². The maximum atomic E-state index is 11.6. The number of rotatable bonds is 4. The average Bonchev–Trinajstić information content (AvgIpc) is 2.49. The van der Waals surface area contributed by atoms with Gasteiger partial charge in [0.25, 0.3) is 0 Å². The first kappa shape index (κ1) is 10.9. The zero-order valence-electron chi connectivity index (χ0n) is 9.59. The Balaban J connectivity index is 1.59. The van der Waals surface area contributed by atoms with Gasteiger partial charge in [-0.25, -0.2) is 0 Å². The van der Waals surface area contributed by atoms with E-state index in [1.807, 2.05) is 0 Å². The molecule has 1 saturated carbocycles. The fourth-order valence-corrected chi connectivity index (χ4v) is 2.45. The summed E-state index contributed by atoms with van der Waals surface area (Å²) in [5.41, 5.74) is 0. The van der Waals surface area contributed by atoms with Crippen LogP contribution >= 0.6 is 0 Å². The van der Waals surface area contributed by atoms with Gasteiger partial charge in [0, 0.05) is 12.5 Å². The van der Waals surface area contributed by atoms with E-state index in [9.17, 15) is 4.79 Å². The minimum Gasteiger partial charge on any atom is -0.356 e. The molecule has 1 aliphatic heterocycles. The van der Waals surface area contributed by atoms with Gasteiger partial charge in [0.1, 0.15) is 0 Å². The highest BCUT2D eigenvalue weighted by Gasteiger charge is 2.26. The summed E-state index contributed by atoms with van der Waals surface area (Å²) in [6.07, 6.45) is 4.58. The molecule has 2 atom stereocenters. The van der Waals surface area contributed by atoms with Crippen molar-refractivity contribution in [1.82, 2.24) is 10.6 Å². The maximum Gasteiger partial charge on any atom is 0.223 e. The van der Waals surface area contributed by atoms with Gasteiger partial charge in [0.05, 0.1) is 0 Å². The molecule has 0 bridgehead atoms. The Bertz CT molecular complexity index is 226. The molecule has 0 radical (unpaired) electrons. The largest absolute Gasteiger partial charge is 0.356 e. The van der Waals surface area contributed by atoms with Gasteiger partial charge in [-0.15, -0.1) is 0 Å². The SMILES string of the molecule is C[C@@H]1CNC[C@H]1CCNC(=O)C1CCC1. The summed E-state index contributed by atoms with van der Waals surface area (Å²) in [4.78, 5) is 11.6. The van der Waals surface area contributed by atoms with Crippen LogP contribution < -0.4 is 10.6 Å². The van der Waals surface area contributed by atoms with Crippen LogP contribution in [0.4, 0.5) is 0 Å². The average molecular weight is 210 g/mol. The van der Waals surface area contributed by atoms with Crippen LogP contribution in [0.2, 0.25) is 0 Å². The smallest absolute Gasteiger partial charge is 0.223 e. The molecule has 3 heteroatoms. The molecule has 0 aromatic rings. The van der Waals surface area contributed by atoms with Gasteiger partial charge in [-0.1, -0.05) is 13.3 Å². The molecule has 15 heavy (non-hydrogen) atoms. The predicted octanol–water partition coefficient (Wildman–Crippen LogP) is 1.15. The molecule has 2 fully saturated rings. The lowest BCUT2D eigenvalue weighted by atomic mass is 9.85. The van der Waals surface area contributed by atoms with E-state index in [1.54, 1.807) is 0 Å². The quantitative estimate of drug-likeness (QED) is 0.731. The molecule has 1 amide bonds. The summed E-state index contributed by atoms with van der Waals surface area (Å²) >= 11 is 0. The molecule has 0 aromatic carbocycles. The van der Waals surface area contributed by atoms with Crippen LogP contribution in [0.5, 0.6) is 0 Å². The molecule has 1 aliphatic carbocycles. The summed E-state index contributed by atoms with van der Waals surface area (Å²) in [5, 5.41) is 6.46. The Labute approximate surface area is 92.0 Å². The highest BCUT2D eigenvalue weighted by molar-refractivity contribution is 5.79. The molecule has 2 aliphatic rings. The molecule has 2 rings (SSSR count). The molecule has 1 heterocycles. The summed E-state index contributed by atoms with van der Waals surface area (Å²) in [7, 11) is 0. The third-order valence-corrected chi connectivity index (χ3v) is 3.97. The van der Waals surface area contributed by atoms with E-state index >= 15 is 0 Å².